The van der Waals surface area contributed by atoms with Crippen molar-refractivity contribution in [1.29, 1.82) is 0 Å². The van der Waals surface area contributed by atoms with Crippen LogP contribution in [0.1, 0.15) is 44.2 Å². The Hall–Kier alpha value is -3.35. The highest BCUT2D eigenvalue weighted by Gasteiger charge is 2.30. The fourth-order valence-electron chi connectivity index (χ4n) is 3.81. The van der Waals surface area contributed by atoms with Crippen LogP contribution in [-0.4, -0.2) is 42.8 Å². The number of ether oxygens (including phenoxy) is 1. The number of carbonyl (C=O) groups excluding carboxylic acids is 2. The van der Waals surface area contributed by atoms with Gasteiger partial charge >= 0.3 is 12.1 Å². The third kappa shape index (κ3) is 5.10. The number of alkyl carbamates (subject to hydrolysis) is 1. The zero-order valence-corrected chi connectivity index (χ0v) is 18.7. The predicted octanol–water partition coefficient (Wildman–Crippen LogP) is 3.78. The van der Waals surface area contributed by atoms with E-state index in [9.17, 15) is 19.5 Å². The summed E-state index contributed by atoms with van der Waals surface area (Å²) in [6.07, 6.45) is -0.0767. The molecule has 2 aromatic rings. The van der Waals surface area contributed by atoms with E-state index in [1.54, 1.807) is 13.8 Å². The fraction of sp³-hybridized carbons (Fsp3) is 0.400. The number of fused-ring (bicyclic) bond motifs is 3. The van der Waals surface area contributed by atoms with Gasteiger partial charge in [0.05, 0.1) is 11.3 Å². The molecular weight excluding hydrogens is 408 g/mol. The minimum Gasteiger partial charge on any atom is -0.481 e. The lowest BCUT2D eigenvalue weighted by Crippen LogP contribution is -2.44. The van der Waals surface area contributed by atoms with Crippen molar-refractivity contribution in [3.63, 3.8) is 0 Å². The average molecular weight is 439 g/mol. The molecule has 7 heteroatoms. The van der Waals surface area contributed by atoms with Gasteiger partial charge in [0.25, 0.3) is 0 Å². The summed E-state index contributed by atoms with van der Waals surface area (Å²) >= 11 is 0. The van der Waals surface area contributed by atoms with Crippen LogP contribution in [0.15, 0.2) is 48.5 Å². The quantitative estimate of drug-likeness (QED) is 0.553. The lowest BCUT2D eigenvalue weighted by molar-refractivity contribution is -0.146. The molecule has 0 heterocycles. The van der Waals surface area contributed by atoms with Gasteiger partial charge in [0.1, 0.15) is 6.61 Å². The molecule has 0 bridgehead atoms. The van der Waals surface area contributed by atoms with Gasteiger partial charge in [-0.15, -0.1) is 0 Å². The molecule has 1 atom stereocenters. The highest BCUT2D eigenvalue weighted by molar-refractivity contribution is 5.81. The zero-order chi connectivity index (χ0) is 23.3. The van der Waals surface area contributed by atoms with Gasteiger partial charge in [0.2, 0.25) is 5.91 Å². The number of hydrogen-bond donors (Lipinski definition) is 3. The second-order valence-electron chi connectivity index (χ2n) is 8.72. The molecule has 0 saturated carbocycles. The first-order valence-corrected chi connectivity index (χ1v) is 10.8. The van der Waals surface area contributed by atoms with Gasteiger partial charge in [-0.1, -0.05) is 55.5 Å². The highest BCUT2D eigenvalue weighted by Crippen LogP contribution is 2.44. The van der Waals surface area contributed by atoms with Crippen LogP contribution in [0.25, 0.3) is 11.1 Å². The van der Waals surface area contributed by atoms with E-state index in [0.29, 0.717) is 6.42 Å². The van der Waals surface area contributed by atoms with Crippen LogP contribution in [0.2, 0.25) is 0 Å². The maximum atomic E-state index is 12.4. The predicted molar refractivity (Wildman–Crippen MR) is 121 cm³/mol. The number of carboxylic acids is 1. The number of aliphatic carboxylic acids is 1. The Labute approximate surface area is 188 Å². The normalized spacial score (nSPS) is 13.6. The van der Waals surface area contributed by atoms with E-state index in [1.807, 2.05) is 31.2 Å². The Morgan fingerprint density at radius 3 is 2.09 bits per heavy atom. The van der Waals surface area contributed by atoms with Crippen LogP contribution in [0, 0.1) is 11.3 Å². The monoisotopic (exact) mass is 438 g/mol. The van der Waals surface area contributed by atoms with Crippen LogP contribution in [0.5, 0.6) is 0 Å². The molecule has 0 radical (unpaired) electrons. The molecule has 0 saturated heterocycles. The van der Waals surface area contributed by atoms with Gasteiger partial charge in [-0.2, -0.15) is 0 Å². The van der Waals surface area contributed by atoms with Crippen molar-refractivity contribution in [2.24, 2.45) is 11.3 Å². The molecular formula is C25H30N2O5. The van der Waals surface area contributed by atoms with E-state index >= 15 is 0 Å². The SMILES string of the molecule is CCC(CNC(=O)OCC1c2ccccc2-c2ccccc21)C(=O)NCC(C)(C)C(=O)O. The summed E-state index contributed by atoms with van der Waals surface area (Å²) in [7, 11) is 0. The molecule has 3 rings (SSSR count). The van der Waals surface area contributed by atoms with Crippen LogP contribution >= 0.6 is 0 Å². The third-order valence-electron chi connectivity index (χ3n) is 5.98. The van der Waals surface area contributed by atoms with Crippen molar-refractivity contribution in [2.45, 2.75) is 33.1 Å². The van der Waals surface area contributed by atoms with E-state index in [-0.39, 0.29) is 31.5 Å². The molecule has 0 aliphatic heterocycles. The largest absolute Gasteiger partial charge is 0.481 e. The van der Waals surface area contributed by atoms with Gasteiger partial charge in [-0.05, 0) is 42.5 Å². The number of rotatable bonds is 9. The molecule has 0 fully saturated rings. The molecule has 7 nitrogen and oxygen atoms in total. The van der Waals surface area contributed by atoms with E-state index in [2.05, 4.69) is 34.9 Å². The lowest BCUT2D eigenvalue weighted by atomic mass is 9.93. The lowest BCUT2D eigenvalue weighted by Gasteiger charge is -2.22. The summed E-state index contributed by atoms with van der Waals surface area (Å²) < 4.78 is 5.50. The van der Waals surface area contributed by atoms with Crippen LogP contribution < -0.4 is 10.6 Å². The Kier molecular flexibility index (Phi) is 7.18. The Bertz CT molecular complexity index is 956. The number of nitrogens with one attached hydrogen (secondary N) is 2. The van der Waals surface area contributed by atoms with E-state index in [4.69, 9.17) is 4.74 Å². The molecule has 1 aliphatic rings. The molecule has 0 spiro atoms. The maximum Gasteiger partial charge on any atom is 0.407 e. The first-order valence-electron chi connectivity index (χ1n) is 10.8. The molecule has 170 valence electrons. The number of benzene rings is 2. The van der Waals surface area contributed by atoms with Crippen molar-refractivity contribution < 1.29 is 24.2 Å². The number of hydrogen-bond acceptors (Lipinski definition) is 4. The fourth-order valence-corrected chi connectivity index (χ4v) is 3.81. The minimum absolute atomic E-state index is 0.0165. The Morgan fingerprint density at radius 2 is 1.56 bits per heavy atom. The third-order valence-corrected chi connectivity index (χ3v) is 5.98. The Morgan fingerprint density at radius 1 is 1.00 bits per heavy atom. The number of carboxylic acid groups (broad SMARTS) is 1. The molecule has 1 aliphatic carbocycles. The van der Waals surface area contributed by atoms with E-state index in [1.165, 1.54) is 0 Å². The molecule has 3 N–H and O–H groups in total. The van der Waals surface area contributed by atoms with Crippen molar-refractivity contribution in [3.05, 3.63) is 59.7 Å². The summed E-state index contributed by atoms with van der Waals surface area (Å²) in [6.45, 7) is 5.27. The smallest absolute Gasteiger partial charge is 0.407 e. The Balaban J connectivity index is 1.53. The molecule has 32 heavy (non-hydrogen) atoms. The van der Waals surface area contributed by atoms with E-state index in [0.717, 1.165) is 22.3 Å². The second kappa shape index (κ2) is 9.85. The van der Waals surface area contributed by atoms with Crippen molar-refractivity contribution in [2.75, 3.05) is 19.7 Å². The van der Waals surface area contributed by atoms with Crippen LogP contribution in [-0.2, 0) is 14.3 Å². The van der Waals surface area contributed by atoms with E-state index < -0.39 is 23.4 Å². The van der Waals surface area contributed by atoms with Crippen molar-refractivity contribution in [3.8, 4) is 11.1 Å². The average Bonchev–Trinajstić information content (AvgIpc) is 3.10. The van der Waals surface area contributed by atoms with Crippen LogP contribution in [0.4, 0.5) is 4.79 Å². The number of amides is 2. The van der Waals surface area contributed by atoms with Gasteiger partial charge in [-0.3, -0.25) is 9.59 Å². The van der Waals surface area contributed by atoms with Crippen LogP contribution in [0.3, 0.4) is 0 Å². The molecule has 1 unspecified atom stereocenters. The second-order valence-corrected chi connectivity index (χ2v) is 8.72. The topological polar surface area (TPSA) is 105 Å². The van der Waals surface area contributed by atoms with Gasteiger partial charge < -0.3 is 20.5 Å². The summed E-state index contributed by atoms with van der Waals surface area (Å²) in [5.74, 6) is -1.78. The van der Waals surface area contributed by atoms with Gasteiger partial charge in [0, 0.05) is 19.0 Å². The van der Waals surface area contributed by atoms with Crippen molar-refractivity contribution >= 4 is 18.0 Å². The number of carbonyl (C=O) groups is 3. The van der Waals surface area contributed by atoms with Gasteiger partial charge in [0.15, 0.2) is 0 Å². The summed E-state index contributed by atoms with van der Waals surface area (Å²) in [4.78, 5) is 35.9. The first kappa shape index (κ1) is 23.3. The first-order chi connectivity index (χ1) is 15.2. The summed E-state index contributed by atoms with van der Waals surface area (Å²) in [5, 5.41) is 14.5. The highest BCUT2D eigenvalue weighted by atomic mass is 16.5. The van der Waals surface area contributed by atoms with Gasteiger partial charge in [-0.25, -0.2) is 4.79 Å². The summed E-state index contributed by atoms with van der Waals surface area (Å²) in [6, 6.07) is 16.2. The maximum absolute atomic E-state index is 12.4. The summed E-state index contributed by atoms with van der Waals surface area (Å²) in [5.41, 5.74) is 3.52. The minimum atomic E-state index is -1.06. The standard InChI is InChI=1S/C25H30N2O5/c1-4-16(22(28)27-15-25(2,3)23(29)30)13-26-24(31)32-14-21-19-11-7-5-9-17(19)18-10-6-8-12-20(18)21/h5-12,16,21H,4,13-15H2,1-3H3,(H,26,31)(H,27,28)(H,29,30). The zero-order valence-electron chi connectivity index (χ0n) is 18.7. The molecule has 2 aromatic carbocycles. The van der Waals surface area contributed by atoms with Crippen molar-refractivity contribution in [1.82, 2.24) is 10.6 Å². The molecule has 0 aromatic heterocycles. The molecule has 2 amide bonds.